The van der Waals surface area contributed by atoms with Crippen LogP contribution in [0.4, 0.5) is 0 Å². The van der Waals surface area contributed by atoms with E-state index in [0.717, 1.165) is 5.56 Å². The SMILES string of the molecule is CC(C)[C@H](NC(=O)Cc1cccc(Oc2ccccc2)c1)C(=O)O. The molecule has 5 heteroatoms. The Balaban J connectivity index is 2.01. The number of nitrogens with one attached hydrogen (secondary N) is 1. The fraction of sp³-hybridized carbons (Fsp3) is 0.263. The maximum Gasteiger partial charge on any atom is 0.326 e. The highest BCUT2D eigenvalue weighted by Crippen LogP contribution is 2.22. The summed E-state index contributed by atoms with van der Waals surface area (Å²) in [5, 5.41) is 11.7. The molecule has 0 aliphatic carbocycles. The molecular formula is C19H21NO4. The predicted molar refractivity (Wildman–Crippen MR) is 91.1 cm³/mol. The van der Waals surface area contributed by atoms with E-state index in [4.69, 9.17) is 9.84 Å². The number of para-hydroxylation sites is 1. The van der Waals surface area contributed by atoms with Crippen LogP contribution in [0, 0.1) is 5.92 Å². The minimum Gasteiger partial charge on any atom is -0.480 e. The van der Waals surface area contributed by atoms with Crippen molar-refractivity contribution in [2.75, 3.05) is 0 Å². The molecule has 0 spiro atoms. The lowest BCUT2D eigenvalue weighted by Gasteiger charge is -2.18. The lowest BCUT2D eigenvalue weighted by Crippen LogP contribution is -2.44. The van der Waals surface area contributed by atoms with Crippen LogP contribution in [0.15, 0.2) is 54.6 Å². The molecule has 5 nitrogen and oxygen atoms in total. The Kier molecular flexibility index (Phi) is 5.95. The number of hydrogen-bond donors (Lipinski definition) is 2. The molecule has 2 aromatic carbocycles. The van der Waals surface area contributed by atoms with Crippen LogP contribution in [0.1, 0.15) is 19.4 Å². The molecule has 0 saturated carbocycles. The lowest BCUT2D eigenvalue weighted by molar-refractivity contribution is -0.143. The van der Waals surface area contributed by atoms with Gasteiger partial charge >= 0.3 is 5.97 Å². The second-order valence-electron chi connectivity index (χ2n) is 5.87. The monoisotopic (exact) mass is 327 g/mol. The van der Waals surface area contributed by atoms with E-state index >= 15 is 0 Å². The first-order chi connectivity index (χ1) is 11.5. The molecule has 2 N–H and O–H groups in total. The Morgan fingerprint density at radius 2 is 1.71 bits per heavy atom. The number of carboxylic acid groups (broad SMARTS) is 1. The van der Waals surface area contributed by atoms with Crippen molar-refractivity contribution in [3.05, 3.63) is 60.2 Å². The third kappa shape index (κ3) is 5.12. The molecule has 0 aliphatic rings. The zero-order valence-electron chi connectivity index (χ0n) is 13.7. The first-order valence-corrected chi connectivity index (χ1v) is 7.79. The van der Waals surface area contributed by atoms with E-state index in [0.29, 0.717) is 11.5 Å². The van der Waals surface area contributed by atoms with Gasteiger partial charge in [-0.1, -0.05) is 44.2 Å². The zero-order chi connectivity index (χ0) is 17.5. The largest absolute Gasteiger partial charge is 0.480 e. The molecule has 0 aromatic heterocycles. The zero-order valence-corrected chi connectivity index (χ0v) is 13.7. The smallest absolute Gasteiger partial charge is 0.326 e. The molecular weight excluding hydrogens is 306 g/mol. The summed E-state index contributed by atoms with van der Waals surface area (Å²) < 4.78 is 5.73. The van der Waals surface area contributed by atoms with Gasteiger partial charge in [0.25, 0.3) is 0 Å². The molecule has 24 heavy (non-hydrogen) atoms. The van der Waals surface area contributed by atoms with Crippen LogP contribution in [0.2, 0.25) is 0 Å². The van der Waals surface area contributed by atoms with Gasteiger partial charge in [-0.2, -0.15) is 0 Å². The Hall–Kier alpha value is -2.82. The molecule has 0 heterocycles. The fourth-order valence-corrected chi connectivity index (χ4v) is 2.27. The highest BCUT2D eigenvalue weighted by molar-refractivity contribution is 5.85. The van der Waals surface area contributed by atoms with Gasteiger partial charge in [0.15, 0.2) is 0 Å². The first kappa shape index (κ1) is 17.5. The normalized spacial score (nSPS) is 11.8. The molecule has 0 unspecified atom stereocenters. The van der Waals surface area contributed by atoms with Crippen LogP contribution in [0.5, 0.6) is 11.5 Å². The van der Waals surface area contributed by atoms with Gasteiger partial charge < -0.3 is 15.2 Å². The number of hydrogen-bond acceptors (Lipinski definition) is 3. The summed E-state index contributed by atoms with van der Waals surface area (Å²) in [4.78, 5) is 23.2. The summed E-state index contributed by atoms with van der Waals surface area (Å²) in [7, 11) is 0. The molecule has 0 saturated heterocycles. The number of benzene rings is 2. The van der Waals surface area contributed by atoms with Crippen LogP contribution < -0.4 is 10.1 Å². The highest BCUT2D eigenvalue weighted by atomic mass is 16.5. The van der Waals surface area contributed by atoms with Crippen molar-refractivity contribution in [1.82, 2.24) is 5.32 Å². The second kappa shape index (κ2) is 8.15. The average Bonchev–Trinajstić information content (AvgIpc) is 2.53. The Morgan fingerprint density at radius 3 is 2.33 bits per heavy atom. The molecule has 0 radical (unpaired) electrons. The quantitative estimate of drug-likeness (QED) is 0.818. The lowest BCUT2D eigenvalue weighted by atomic mass is 10.0. The number of carbonyl (C=O) groups excluding carboxylic acids is 1. The van der Waals surface area contributed by atoms with E-state index in [1.54, 1.807) is 26.0 Å². The minimum absolute atomic E-state index is 0.0997. The predicted octanol–water partition coefficient (Wildman–Crippen LogP) is 3.25. The van der Waals surface area contributed by atoms with Crippen molar-refractivity contribution < 1.29 is 19.4 Å². The summed E-state index contributed by atoms with van der Waals surface area (Å²) in [6.07, 6.45) is 0.0997. The highest BCUT2D eigenvalue weighted by Gasteiger charge is 2.23. The fourth-order valence-electron chi connectivity index (χ4n) is 2.27. The molecule has 0 fully saturated rings. The van der Waals surface area contributed by atoms with E-state index in [2.05, 4.69) is 5.32 Å². The van der Waals surface area contributed by atoms with Crippen LogP contribution in [-0.2, 0) is 16.0 Å². The summed E-state index contributed by atoms with van der Waals surface area (Å²) >= 11 is 0. The van der Waals surface area contributed by atoms with Crippen LogP contribution in [0.3, 0.4) is 0 Å². The number of aliphatic carboxylic acids is 1. The molecule has 126 valence electrons. The molecule has 0 bridgehead atoms. The van der Waals surface area contributed by atoms with Crippen molar-refractivity contribution in [3.63, 3.8) is 0 Å². The minimum atomic E-state index is -1.03. The van der Waals surface area contributed by atoms with E-state index in [-0.39, 0.29) is 18.2 Å². The molecule has 1 amide bonds. The van der Waals surface area contributed by atoms with Crippen molar-refractivity contribution >= 4 is 11.9 Å². The maximum absolute atomic E-state index is 12.1. The van der Waals surface area contributed by atoms with Crippen molar-refractivity contribution in [3.8, 4) is 11.5 Å². The summed E-state index contributed by atoms with van der Waals surface area (Å²) in [5.74, 6) is -0.193. The van der Waals surface area contributed by atoms with Crippen LogP contribution in [-0.4, -0.2) is 23.0 Å². The topological polar surface area (TPSA) is 75.6 Å². The third-order valence-corrected chi connectivity index (χ3v) is 3.49. The van der Waals surface area contributed by atoms with Crippen molar-refractivity contribution in [1.29, 1.82) is 0 Å². The number of rotatable bonds is 7. The first-order valence-electron chi connectivity index (χ1n) is 7.79. The number of carboxylic acids is 1. The Morgan fingerprint density at radius 1 is 1.04 bits per heavy atom. The van der Waals surface area contributed by atoms with Crippen LogP contribution >= 0.6 is 0 Å². The van der Waals surface area contributed by atoms with Gasteiger partial charge in [-0.05, 0) is 35.7 Å². The van der Waals surface area contributed by atoms with Gasteiger partial charge in [-0.25, -0.2) is 4.79 Å². The summed E-state index contributed by atoms with van der Waals surface area (Å²) in [5.41, 5.74) is 0.758. The van der Waals surface area contributed by atoms with E-state index in [9.17, 15) is 9.59 Å². The molecule has 2 aromatic rings. The van der Waals surface area contributed by atoms with Crippen LogP contribution in [0.25, 0.3) is 0 Å². The Labute approximate surface area is 141 Å². The van der Waals surface area contributed by atoms with Gasteiger partial charge in [0, 0.05) is 0 Å². The van der Waals surface area contributed by atoms with Gasteiger partial charge in [0.05, 0.1) is 6.42 Å². The van der Waals surface area contributed by atoms with Gasteiger partial charge in [-0.15, -0.1) is 0 Å². The third-order valence-electron chi connectivity index (χ3n) is 3.49. The maximum atomic E-state index is 12.1. The van der Waals surface area contributed by atoms with E-state index in [1.165, 1.54) is 0 Å². The van der Waals surface area contributed by atoms with E-state index in [1.807, 2.05) is 42.5 Å². The van der Waals surface area contributed by atoms with Gasteiger partial charge in [-0.3, -0.25) is 4.79 Å². The summed E-state index contributed by atoms with van der Waals surface area (Å²) in [6, 6.07) is 15.7. The van der Waals surface area contributed by atoms with E-state index < -0.39 is 12.0 Å². The second-order valence-corrected chi connectivity index (χ2v) is 5.87. The number of amides is 1. The van der Waals surface area contributed by atoms with Gasteiger partial charge in [0.1, 0.15) is 17.5 Å². The standard InChI is InChI=1S/C19H21NO4/c1-13(2)18(19(22)23)20-17(21)12-14-7-6-10-16(11-14)24-15-8-4-3-5-9-15/h3-11,13,18H,12H2,1-2H3,(H,20,21)(H,22,23)/t18-/m0/s1. The van der Waals surface area contributed by atoms with Crippen molar-refractivity contribution in [2.24, 2.45) is 5.92 Å². The molecule has 2 rings (SSSR count). The molecule has 1 atom stereocenters. The number of ether oxygens (including phenoxy) is 1. The number of carbonyl (C=O) groups is 2. The summed E-state index contributed by atoms with van der Waals surface area (Å²) in [6.45, 7) is 3.51. The Bertz CT molecular complexity index is 698. The van der Waals surface area contributed by atoms with Crippen molar-refractivity contribution in [2.45, 2.75) is 26.3 Å². The average molecular weight is 327 g/mol. The molecule has 0 aliphatic heterocycles. The van der Waals surface area contributed by atoms with Gasteiger partial charge in [0.2, 0.25) is 5.91 Å².